The summed E-state index contributed by atoms with van der Waals surface area (Å²) >= 11 is 0. The van der Waals surface area contributed by atoms with Gasteiger partial charge in [0.05, 0.1) is 19.5 Å². The van der Waals surface area contributed by atoms with E-state index in [0.29, 0.717) is 13.0 Å². The largest absolute Gasteiger partial charge is 0.379 e. The summed E-state index contributed by atoms with van der Waals surface area (Å²) in [5.74, 6) is 1.92. The molecule has 0 radical (unpaired) electrons. The van der Waals surface area contributed by atoms with Crippen molar-refractivity contribution in [1.82, 2.24) is 29.7 Å². The van der Waals surface area contributed by atoms with Crippen molar-refractivity contribution in [3.8, 4) is 0 Å². The van der Waals surface area contributed by atoms with Crippen LogP contribution in [0.3, 0.4) is 0 Å². The molecule has 1 atom stereocenters. The van der Waals surface area contributed by atoms with Gasteiger partial charge in [-0.1, -0.05) is 0 Å². The zero-order chi connectivity index (χ0) is 22.2. The number of hydrogen-bond acceptors (Lipinski definition) is 7. The number of anilines is 1. The normalized spacial score (nSPS) is 19.8. The molecule has 0 spiro atoms. The lowest BCUT2D eigenvalue weighted by Gasteiger charge is -2.36. The first-order valence-corrected chi connectivity index (χ1v) is 11.8. The Morgan fingerprint density at radius 3 is 2.88 bits per heavy atom. The lowest BCUT2D eigenvalue weighted by molar-refractivity contribution is -0.121. The maximum Gasteiger partial charge on any atom is 0.222 e. The van der Waals surface area contributed by atoms with Crippen molar-refractivity contribution in [2.75, 3.05) is 50.8 Å². The molecule has 2 fully saturated rings. The zero-order valence-electron chi connectivity index (χ0n) is 19.1. The van der Waals surface area contributed by atoms with E-state index in [1.54, 1.807) is 6.20 Å². The summed E-state index contributed by atoms with van der Waals surface area (Å²) in [5.41, 5.74) is 0.968. The Kier molecular flexibility index (Phi) is 8.06. The summed E-state index contributed by atoms with van der Waals surface area (Å²) in [6, 6.07) is 2.23. The third-order valence-corrected chi connectivity index (χ3v) is 6.24. The van der Waals surface area contributed by atoms with Crippen LogP contribution in [0.5, 0.6) is 0 Å². The first-order valence-electron chi connectivity index (χ1n) is 11.8. The molecule has 0 aliphatic carbocycles. The molecule has 9 nitrogen and oxygen atoms in total. The average Bonchev–Trinajstić information content (AvgIpc) is 3.32. The van der Waals surface area contributed by atoms with Crippen LogP contribution in [0.4, 0.5) is 5.82 Å². The van der Waals surface area contributed by atoms with Crippen LogP contribution in [0.1, 0.15) is 37.2 Å². The molecule has 1 amide bonds. The number of nitrogens with zero attached hydrogens (tertiary/aromatic N) is 6. The van der Waals surface area contributed by atoms with Crippen LogP contribution in [-0.2, 0) is 22.5 Å². The van der Waals surface area contributed by atoms with E-state index in [2.05, 4.69) is 31.2 Å². The molecule has 174 valence electrons. The Bertz CT molecular complexity index is 852. The van der Waals surface area contributed by atoms with E-state index in [-0.39, 0.29) is 11.9 Å². The fourth-order valence-corrected chi connectivity index (χ4v) is 4.50. The van der Waals surface area contributed by atoms with E-state index in [4.69, 9.17) is 9.72 Å². The molecule has 2 aliphatic rings. The van der Waals surface area contributed by atoms with Crippen molar-refractivity contribution in [2.24, 2.45) is 0 Å². The van der Waals surface area contributed by atoms with Crippen LogP contribution in [0, 0.1) is 6.92 Å². The summed E-state index contributed by atoms with van der Waals surface area (Å²) in [7, 11) is 0. The molecule has 4 rings (SSSR count). The highest BCUT2D eigenvalue weighted by molar-refractivity contribution is 5.77. The highest BCUT2D eigenvalue weighted by Gasteiger charge is 2.26. The Morgan fingerprint density at radius 2 is 2.06 bits per heavy atom. The zero-order valence-corrected chi connectivity index (χ0v) is 19.1. The Balaban J connectivity index is 1.33. The molecule has 9 heteroatoms. The van der Waals surface area contributed by atoms with E-state index >= 15 is 0 Å². The van der Waals surface area contributed by atoms with Crippen molar-refractivity contribution in [3.63, 3.8) is 0 Å². The lowest BCUT2D eigenvalue weighted by Crippen LogP contribution is -2.45. The molecule has 0 bridgehead atoms. The molecule has 1 unspecified atom stereocenters. The van der Waals surface area contributed by atoms with Gasteiger partial charge in [0.1, 0.15) is 11.6 Å². The minimum absolute atomic E-state index is 0.126. The minimum atomic E-state index is 0.126. The molecule has 2 saturated heterocycles. The number of hydrogen-bond donors (Lipinski definition) is 1. The van der Waals surface area contributed by atoms with Gasteiger partial charge in [-0.15, -0.1) is 0 Å². The van der Waals surface area contributed by atoms with Crippen molar-refractivity contribution in [1.29, 1.82) is 0 Å². The number of morpholine rings is 1. The predicted molar refractivity (Wildman–Crippen MR) is 123 cm³/mol. The van der Waals surface area contributed by atoms with Gasteiger partial charge in [0, 0.05) is 82.3 Å². The maximum atomic E-state index is 12.7. The molecular weight excluding hydrogens is 406 g/mol. The number of amides is 1. The van der Waals surface area contributed by atoms with E-state index < -0.39 is 0 Å². The second-order valence-corrected chi connectivity index (χ2v) is 8.69. The van der Waals surface area contributed by atoms with E-state index in [9.17, 15) is 4.79 Å². The SMILES string of the molecule is Cc1cc(N2CCCCC2CC(=O)NCCN2CCOCC2)nc(CCn2ccnc2)n1. The van der Waals surface area contributed by atoms with Crippen molar-refractivity contribution >= 4 is 11.7 Å². The Morgan fingerprint density at radius 1 is 1.19 bits per heavy atom. The summed E-state index contributed by atoms with van der Waals surface area (Å²) in [6.45, 7) is 8.79. The Hall–Kier alpha value is -2.52. The van der Waals surface area contributed by atoms with E-state index in [1.807, 2.05) is 24.0 Å². The van der Waals surface area contributed by atoms with Crippen molar-refractivity contribution in [2.45, 2.75) is 51.6 Å². The highest BCUT2D eigenvalue weighted by Crippen LogP contribution is 2.26. The average molecular weight is 442 g/mol. The molecular formula is C23H35N7O2. The predicted octanol–water partition coefficient (Wildman–Crippen LogP) is 1.42. The van der Waals surface area contributed by atoms with Crippen LogP contribution >= 0.6 is 0 Å². The number of ether oxygens (including phenoxy) is 1. The van der Waals surface area contributed by atoms with Gasteiger partial charge in [0.2, 0.25) is 5.91 Å². The monoisotopic (exact) mass is 441 g/mol. The van der Waals surface area contributed by atoms with Gasteiger partial charge < -0.3 is 19.5 Å². The van der Waals surface area contributed by atoms with Crippen LogP contribution in [-0.4, -0.2) is 82.3 Å². The highest BCUT2D eigenvalue weighted by atomic mass is 16.5. The number of aryl methyl sites for hydroxylation is 3. The number of carbonyl (C=O) groups is 1. The lowest BCUT2D eigenvalue weighted by atomic mass is 9.99. The number of nitrogens with one attached hydrogen (secondary N) is 1. The molecule has 2 aromatic rings. The third kappa shape index (κ3) is 6.49. The number of carbonyl (C=O) groups excluding carboxylic acids is 1. The van der Waals surface area contributed by atoms with Gasteiger partial charge in [-0.2, -0.15) is 0 Å². The summed E-state index contributed by atoms with van der Waals surface area (Å²) in [4.78, 5) is 30.9. The van der Waals surface area contributed by atoms with Gasteiger partial charge in [-0.25, -0.2) is 15.0 Å². The Labute approximate surface area is 190 Å². The summed E-state index contributed by atoms with van der Waals surface area (Å²) < 4.78 is 7.42. The quantitative estimate of drug-likeness (QED) is 0.630. The second-order valence-electron chi connectivity index (χ2n) is 8.69. The van der Waals surface area contributed by atoms with Crippen molar-refractivity contribution < 1.29 is 9.53 Å². The van der Waals surface area contributed by atoms with Crippen molar-refractivity contribution in [3.05, 3.63) is 36.3 Å². The number of imidazole rings is 1. The maximum absolute atomic E-state index is 12.7. The molecule has 2 aliphatic heterocycles. The first-order chi connectivity index (χ1) is 15.7. The number of rotatable bonds is 9. The number of aromatic nitrogens is 4. The molecule has 4 heterocycles. The molecule has 32 heavy (non-hydrogen) atoms. The molecule has 2 aromatic heterocycles. The first kappa shape index (κ1) is 22.7. The second kappa shape index (κ2) is 11.4. The topological polar surface area (TPSA) is 88.4 Å². The standard InChI is InChI=1S/C23H35N7O2/c1-19-16-22(27-21(26-19)5-9-29-10-6-24-18-29)30-8-3-2-4-20(30)17-23(31)25-7-11-28-12-14-32-15-13-28/h6,10,16,18,20H,2-5,7-9,11-15,17H2,1H3,(H,25,31). The fraction of sp³-hybridized carbons (Fsp3) is 0.652. The fourth-order valence-electron chi connectivity index (χ4n) is 4.50. The third-order valence-electron chi connectivity index (χ3n) is 6.24. The smallest absolute Gasteiger partial charge is 0.222 e. The summed E-state index contributed by atoms with van der Waals surface area (Å²) in [6.07, 6.45) is 10.1. The minimum Gasteiger partial charge on any atom is -0.379 e. The van der Waals surface area contributed by atoms with Crippen LogP contribution in [0.2, 0.25) is 0 Å². The van der Waals surface area contributed by atoms with Gasteiger partial charge >= 0.3 is 0 Å². The number of piperidine rings is 1. The van der Waals surface area contributed by atoms with Crippen LogP contribution in [0.25, 0.3) is 0 Å². The van der Waals surface area contributed by atoms with Gasteiger partial charge in [0.25, 0.3) is 0 Å². The van der Waals surface area contributed by atoms with Crippen LogP contribution < -0.4 is 10.2 Å². The van der Waals surface area contributed by atoms with Crippen LogP contribution in [0.15, 0.2) is 24.8 Å². The van der Waals surface area contributed by atoms with E-state index in [0.717, 1.165) is 89.0 Å². The van der Waals surface area contributed by atoms with Gasteiger partial charge in [0.15, 0.2) is 0 Å². The van der Waals surface area contributed by atoms with Gasteiger partial charge in [-0.3, -0.25) is 9.69 Å². The summed E-state index contributed by atoms with van der Waals surface area (Å²) in [5, 5.41) is 3.12. The van der Waals surface area contributed by atoms with Gasteiger partial charge in [-0.05, 0) is 26.2 Å². The molecule has 1 N–H and O–H groups in total. The molecule has 0 saturated carbocycles. The molecule has 0 aromatic carbocycles. The van der Waals surface area contributed by atoms with E-state index in [1.165, 1.54) is 0 Å².